The summed E-state index contributed by atoms with van der Waals surface area (Å²) in [7, 11) is 0. The van der Waals surface area contributed by atoms with Gasteiger partial charge in [-0.15, -0.1) is 0 Å². The summed E-state index contributed by atoms with van der Waals surface area (Å²) in [5.41, 5.74) is 6.15. The van der Waals surface area contributed by atoms with Crippen LogP contribution < -0.4 is 0 Å². The number of hydrogen-bond acceptors (Lipinski definition) is 0. The summed E-state index contributed by atoms with van der Waals surface area (Å²) >= 11 is 0. The second kappa shape index (κ2) is 6.62. The number of benzene rings is 4. The van der Waals surface area contributed by atoms with Crippen LogP contribution in [0.25, 0.3) is 45.0 Å². The molecule has 4 aromatic carbocycles. The van der Waals surface area contributed by atoms with Crippen LogP contribution in [0.15, 0.2) is 97.2 Å². The first-order valence-corrected chi connectivity index (χ1v) is 9.22. The number of fused-ring (bicyclic) bond motifs is 2. The van der Waals surface area contributed by atoms with Crippen LogP contribution in [0, 0.1) is 0 Å². The molecule has 1 aromatic heterocycles. The fraction of sp³-hybridized carbons (Fsp3) is 0. The van der Waals surface area contributed by atoms with Crippen molar-refractivity contribution in [1.82, 2.24) is 4.98 Å². The molecule has 1 heteroatoms. The Morgan fingerprint density at radius 3 is 2.00 bits per heavy atom. The number of H-pyrrole nitrogens is 1. The van der Waals surface area contributed by atoms with Crippen molar-refractivity contribution in [2.45, 2.75) is 0 Å². The van der Waals surface area contributed by atoms with E-state index in [9.17, 15) is 0 Å². The summed E-state index contributed by atoms with van der Waals surface area (Å²) in [4.78, 5) is 3.48. The van der Waals surface area contributed by atoms with Gasteiger partial charge in [0.25, 0.3) is 0 Å². The van der Waals surface area contributed by atoms with Crippen LogP contribution in [-0.2, 0) is 0 Å². The molecule has 1 heterocycles. The minimum Gasteiger partial charge on any atom is -0.361 e. The summed E-state index contributed by atoms with van der Waals surface area (Å²) in [5.74, 6) is 0. The van der Waals surface area contributed by atoms with E-state index in [1.165, 1.54) is 43.9 Å². The number of aromatic nitrogens is 1. The van der Waals surface area contributed by atoms with Gasteiger partial charge in [0.15, 0.2) is 0 Å². The minimum atomic E-state index is 1.19. The third-order valence-electron chi connectivity index (χ3n) is 5.08. The van der Waals surface area contributed by atoms with Crippen molar-refractivity contribution in [3.63, 3.8) is 0 Å². The van der Waals surface area contributed by atoms with E-state index in [1.807, 2.05) is 12.3 Å². The van der Waals surface area contributed by atoms with Crippen LogP contribution in [0.3, 0.4) is 0 Å². The summed E-state index contributed by atoms with van der Waals surface area (Å²) in [5, 5.41) is 3.79. The zero-order chi connectivity index (χ0) is 18.1. The van der Waals surface area contributed by atoms with Crippen LogP contribution in [0.1, 0.15) is 11.1 Å². The molecule has 1 N–H and O–H groups in total. The molecule has 0 radical (unpaired) electrons. The van der Waals surface area contributed by atoms with E-state index >= 15 is 0 Å². The molecule has 128 valence electrons. The first kappa shape index (κ1) is 15.7. The van der Waals surface area contributed by atoms with Gasteiger partial charge in [-0.3, -0.25) is 0 Å². The highest BCUT2D eigenvalue weighted by atomic mass is 14.7. The Morgan fingerprint density at radius 2 is 1.22 bits per heavy atom. The predicted molar refractivity (Wildman–Crippen MR) is 117 cm³/mol. The highest BCUT2D eigenvalue weighted by Crippen LogP contribution is 2.39. The maximum atomic E-state index is 3.48. The van der Waals surface area contributed by atoms with Gasteiger partial charge in [0.05, 0.1) is 5.52 Å². The maximum Gasteiger partial charge on any atom is 0.0546 e. The highest BCUT2D eigenvalue weighted by molar-refractivity contribution is 6.17. The van der Waals surface area contributed by atoms with Crippen molar-refractivity contribution in [2.75, 3.05) is 0 Å². The second-order valence-electron chi connectivity index (χ2n) is 6.71. The lowest BCUT2D eigenvalue weighted by molar-refractivity contribution is 1.48. The Kier molecular flexibility index (Phi) is 3.84. The third-order valence-corrected chi connectivity index (χ3v) is 5.08. The average molecular weight is 345 g/mol. The number of aromatic amines is 1. The maximum absolute atomic E-state index is 3.48. The topological polar surface area (TPSA) is 15.8 Å². The molecule has 0 saturated carbocycles. The SMILES string of the molecule is C(=C\c1c2ccccc2c(-c2ccccc2)c2[nH]ccc12)/c1ccccc1. The van der Waals surface area contributed by atoms with Crippen LogP contribution in [0.2, 0.25) is 0 Å². The van der Waals surface area contributed by atoms with Crippen LogP contribution >= 0.6 is 0 Å². The lowest BCUT2D eigenvalue weighted by Gasteiger charge is -2.13. The van der Waals surface area contributed by atoms with Crippen molar-refractivity contribution in [2.24, 2.45) is 0 Å². The molecule has 0 amide bonds. The van der Waals surface area contributed by atoms with E-state index in [0.717, 1.165) is 0 Å². The molecule has 0 unspecified atom stereocenters. The summed E-state index contributed by atoms with van der Waals surface area (Å²) in [6.07, 6.45) is 6.47. The Hall–Kier alpha value is -3.58. The first-order chi connectivity index (χ1) is 13.4. The largest absolute Gasteiger partial charge is 0.361 e. The van der Waals surface area contributed by atoms with Crippen molar-refractivity contribution >= 4 is 33.8 Å². The van der Waals surface area contributed by atoms with Gasteiger partial charge in [0, 0.05) is 17.1 Å². The van der Waals surface area contributed by atoms with E-state index in [1.54, 1.807) is 0 Å². The highest BCUT2D eigenvalue weighted by Gasteiger charge is 2.14. The fourth-order valence-electron chi connectivity index (χ4n) is 3.84. The molecule has 5 rings (SSSR count). The molecular weight excluding hydrogens is 326 g/mol. The monoisotopic (exact) mass is 345 g/mol. The Labute approximate surface area is 158 Å². The van der Waals surface area contributed by atoms with Crippen LogP contribution in [-0.4, -0.2) is 4.98 Å². The smallest absolute Gasteiger partial charge is 0.0546 e. The summed E-state index contributed by atoms with van der Waals surface area (Å²) in [6, 6.07) is 31.9. The van der Waals surface area contributed by atoms with E-state index in [-0.39, 0.29) is 0 Å². The zero-order valence-electron chi connectivity index (χ0n) is 14.9. The molecule has 27 heavy (non-hydrogen) atoms. The second-order valence-corrected chi connectivity index (χ2v) is 6.71. The van der Waals surface area contributed by atoms with Gasteiger partial charge in [-0.2, -0.15) is 0 Å². The minimum absolute atomic E-state index is 1.19. The van der Waals surface area contributed by atoms with Crippen molar-refractivity contribution < 1.29 is 0 Å². The summed E-state index contributed by atoms with van der Waals surface area (Å²) < 4.78 is 0. The fourth-order valence-corrected chi connectivity index (χ4v) is 3.84. The molecule has 0 bridgehead atoms. The van der Waals surface area contributed by atoms with E-state index < -0.39 is 0 Å². The van der Waals surface area contributed by atoms with Gasteiger partial charge >= 0.3 is 0 Å². The van der Waals surface area contributed by atoms with Gasteiger partial charge in [-0.25, -0.2) is 0 Å². The molecule has 0 spiro atoms. The molecule has 0 atom stereocenters. The molecule has 0 fully saturated rings. The van der Waals surface area contributed by atoms with Crippen molar-refractivity contribution in [3.05, 3.63) is 108 Å². The number of rotatable bonds is 3. The lowest BCUT2D eigenvalue weighted by atomic mass is 9.91. The first-order valence-electron chi connectivity index (χ1n) is 9.22. The Balaban J connectivity index is 1.82. The van der Waals surface area contributed by atoms with Gasteiger partial charge in [0.2, 0.25) is 0 Å². The van der Waals surface area contributed by atoms with E-state index in [0.29, 0.717) is 0 Å². The van der Waals surface area contributed by atoms with Gasteiger partial charge in [0.1, 0.15) is 0 Å². The van der Waals surface area contributed by atoms with Crippen LogP contribution in [0.4, 0.5) is 0 Å². The Bertz CT molecular complexity index is 1250. The Morgan fingerprint density at radius 1 is 0.556 bits per heavy atom. The standard InChI is InChI=1S/C26H19N/c1-3-9-19(10-4-1)15-16-22-21-13-7-8-14-23(21)25(20-11-5-2-6-12-20)26-24(22)17-18-27-26/h1-18,27H/b16-15+. The molecule has 5 aromatic rings. The number of nitrogens with one attached hydrogen (secondary N) is 1. The lowest BCUT2D eigenvalue weighted by Crippen LogP contribution is -1.88. The van der Waals surface area contributed by atoms with Gasteiger partial charge in [-0.1, -0.05) is 97.1 Å². The molecule has 0 saturated heterocycles. The quantitative estimate of drug-likeness (QED) is 0.334. The van der Waals surface area contributed by atoms with Crippen molar-refractivity contribution in [3.8, 4) is 11.1 Å². The van der Waals surface area contributed by atoms with Gasteiger partial charge < -0.3 is 4.98 Å². The average Bonchev–Trinajstić information content (AvgIpc) is 3.22. The molecule has 0 aliphatic carbocycles. The normalized spacial score (nSPS) is 11.6. The molecule has 0 aliphatic heterocycles. The number of hydrogen-bond donors (Lipinski definition) is 1. The van der Waals surface area contributed by atoms with E-state index in [4.69, 9.17) is 0 Å². The summed E-state index contributed by atoms with van der Waals surface area (Å²) in [6.45, 7) is 0. The van der Waals surface area contributed by atoms with Crippen LogP contribution in [0.5, 0.6) is 0 Å². The zero-order valence-corrected chi connectivity index (χ0v) is 14.9. The third kappa shape index (κ3) is 2.74. The van der Waals surface area contributed by atoms with Gasteiger partial charge in [-0.05, 0) is 33.5 Å². The van der Waals surface area contributed by atoms with Crippen molar-refractivity contribution in [1.29, 1.82) is 0 Å². The predicted octanol–water partition coefficient (Wildman–Crippen LogP) is 7.16. The van der Waals surface area contributed by atoms with E-state index in [2.05, 4.69) is 102 Å². The molecule has 0 aliphatic rings. The molecular formula is C26H19N. The molecule has 1 nitrogen and oxygen atoms in total.